The zero-order valence-corrected chi connectivity index (χ0v) is 15.5. The number of nitrogens with one attached hydrogen (secondary N) is 1. The van der Waals surface area contributed by atoms with Crippen molar-refractivity contribution in [2.75, 3.05) is 6.54 Å². The van der Waals surface area contributed by atoms with Gasteiger partial charge in [0.1, 0.15) is 6.04 Å². The van der Waals surface area contributed by atoms with Gasteiger partial charge < -0.3 is 16.0 Å². The summed E-state index contributed by atoms with van der Waals surface area (Å²) in [5, 5.41) is 4.91. The Bertz CT molecular complexity index is 524. The van der Waals surface area contributed by atoms with Crippen molar-refractivity contribution in [3.63, 3.8) is 0 Å². The maximum absolute atomic E-state index is 12.6. The van der Waals surface area contributed by atoms with Crippen molar-refractivity contribution in [1.29, 1.82) is 0 Å². The number of nitrogens with two attached hydrogens (primary N) is 1. The minimum absolute atomic E-state index is 0.0803. The molecule has 3 N–H and O–H groups in total. The molecule has 1 aliphatic rings. The van der Waals surface area contributed by atoms with E-state index in [9.17, 15) is 9.59 Å². The molecule has 2 amide bonds. The van der Waals surface area contributed by atoms with Gasteiger partial charge in [0.25, 0.3) is 0 Å². The number of hydrogen-bond acceptors (Lipinski definition) is 4. The quantitative estimate of drug-likeness (QED) is 0.792. The molecule has 1 fully saturated rings. The van der Waals surface area contributed by atoms with Gasteiger partial charge in [0.05, 0.1) is 6.54 Å². The van der Waals surface area contributed by atoms with Crippen LogP contribution in [0.4, 0.5) is 0 Å². The highest BCUT2D eigenvalue weighted by molar-refractivity contribution is 7.09. The molecule has 134 valence electrons. The van der Waals surface area contributed by atoms with Crippen molar-refractivity contribution < 1.29 is 9.59 Å². The number of hydrogen-bond donors (Lipinski definition) is 2. The maximum atomic E-state index is 12.6. The number of nitrogens with zero attached hydrogens (tertiary/aromatic N) is 1. The second-order valence-corrected chi connectivity index (χ2v) is 7.67. The number of carbonyl (C=O) groups excluding carboxylic acids is 2. The van der Waals surface area contributed by atoms with Gasteiger partial charge in [-0.2, -0.15) is 0 Å². The topological polar surface area (TPSA) is 75.4 Å². The van der Waals surface area contributed by atoms with Crippen LogP contribution in [0.1, 0.15) is 50.8 Å². The van der Waals surface area contributed by atoms with Crippen LogP contribution in [0.25, 0.3) is 0 Å². The van der Waals surface area contributed by atoms with Crippen LogP contribution >= 0.6 is 11.3 Å². The third kappa shape index (κ3) is 5.31. The van der Waals surface area contributed by atoms with E-state index in [0.717, 1.165) is 30.6 Å². The van der Waals surface area contributed by atoms with Gasteiger partial charge in [-0.3, -0.25) is 9.59 Å². The van der Waals surface area contributed by atoms with E-state index in [1.807, 2.05) is 31.4 Å². The second-order valence-electron chi connectivity index (χ2n) is 6.64. The van der Waals surface area contributed by atoms with Crippen LogP contribution in [0, 0.1) is 5.92 Å². The van der Waals surface area contributed by atoms with Crippen LogP contribution in [0.5, 0.6) is 0 Å². The monoisotopic (exact) mass is 351 g/mol. The predicted octanol–water partition coefficient (Wildman–Crippen LogP) is 2.51. The molecule has 0 bridgehead atoms. The Morgan fingerprint density at radius 2 is 2.08 bits per heavy atom. The smallest absolute Gasteiger partial charge is 0.242 e. The molecule has 1 aromatic rings. The maximum Gasteiger partial charge on any atom is 0.242 e. The Labute approximate surface area is 148 Å². The van der Waals surface area contributed by atoms with Crippen LogP contribution in [-0.4, -0.2) is 35.3 Å². The van der Waals surface area contributed by atoms with Gasteiger partial charge >= 0.3 is 0 Å². The van der Waals surface area contributed by atoms with Gasteiger partial charge in [-0.25, -0.2) is 0 Å². The fourth-order valence-electron chi connectivity index (χ4n) is 3.30. The SMILES string of the molecule is CCN(C(=O)C[C@H]1CC[C@H](N)CC1)[C@@H](C)C(=O)NCc1cccs1. The van der Waals surface area contributed by atoms with Crippen molar-refractivity contribution >= 4 is 23.2 Å². The first kappa shape index (κ1) is 18.9. The molecule has 0 unspecified atom stereocenters. The van der Waals surface area contributed by atoms with E-state index < -0.39 is 6.04 Å². The summed E-state index contributed by atoms with van der Waals surface area (Å²) in [6, 6.07) is 3.81. The molecule has 6 heteroatoms. The Morgan fingerprint density at radius 1 is 1.38 bits per heavy atom. The molecule has 24 heavy (non-hydrogen) atoms. The molecule has 0 aromatic carbocycles. The molecule has 1 heterocycles. The summed E-state index contributed by atoms with van der Waals surface area (Å²) < 4.78 is 0. The van der Waals surface area contributed by atoms with Crippen molar-refractivity contribution in [2.24, 2.45) is 11.7 Å². The standard InChI is InChI=1S/C18H29N3O2S/c1-3-21(17(22)11-14-6-8-15(19)9-7-14)13(2)18(23)20-12-16-5-4-10-24-16/h4-5,10,13-15H,3,6-9,11-12,19H2,1-2H3,(H,20,23)/t13-,14-,15-/m0/s1. The molecule has 1 aliphatic carbocycles. The number of carbonyl (C=O) groups is 2. The van der Waals surface area contributed by atoms with Gasteiger partial charge in [0.2, 0.25) is 11.8 Å². The first-order valence-corrected chi connectivity index (χ1v) is 9.74. The fourth-order valence-corrected chi connectivity index (χ4v) is 3.94. The lowest BCUT2D eigenvalue weighted by atomic mass is 9.84. The first-order chi connectivity index (χ1) is 11.5. The van der Waals surface area contributed by atoms with E-state index >= 15 is 0 Å². The third-order valence-electron chi connectivity index (χ3n) is 4.88. The Hall–Kier alpha value is -1.40. The summed E-state index contributed by atoms with van der Waals surface area (Å²) in [7, 11) is 0. The molecule has 0 aliphatic heterocycles. The molecule has 1 aromatic heterocycles. The third-order valence-corrected chi connectivity index (χ3v) is 5.76. The van der Waals surface area contributed by atoms with E-state index in [1.54, 1.807) is 16.2 Å². The van der Waals surface area contributed by atoms with Gasteiger partial charge in [-0.15, -0.1) is 11.3 Å². The van der Waals surface area contributed by atoms with E-state index in [2.05, 4.69) is 5.32 Å². The summed E-state index contributed by atoms with van der Waals surface area (Å²) in [6.07, 6.45) is 4.57. The normalized spacial score (nSPS) is 22.0. The summed E-state index contributed by atoms with van der Waals surface area (Å²) in [5.41, 5.74) is 5.93. The summed E-state index contributed by atoms with van der Waals surface area (Å²) >= 11 is 1.62. The Balaban J connectivity index is 1.83. The number of likely N-dealkylation sites (N-methyl/N-ethyl adjacent to an activating group) is 1. The summed E-state index contributed by atoms with van der Waals surface area (Å²) in [5.74, 6) is 0.397. The van der Waals surface area contributed by atoms with Crippen LogP contribution in [-0.2, 0) is 16.1 Å². The number of rotatable bonds is 7. The molecule has 0 saturated heterocycles. The zero-order valence-electron chi connectivity index (χ0n) is 14.7. The van der Waals surface area contributed by atoms with E-state index in [-0.39, 0.29) is 11.8 Å². The van der Waals surface area contributed by atoms with E-state index in [4.69, 9.17) is 5.73 Å². The molecule has 1 saturated carbocycles. The number of thiophene rings is 1. The van der Waals surface area contributed by atoms with Crippen LogP contribution in [0.15, 0.2) is 17.5 Å². The predicted molar refractivity (Wildman–Crippen MR) is 97.6 cm³/mol. The average molecular weight is 352 g/mol. The molecular weight excluding hydrogens is 322 g/mol. The minimum atomic E-state index is -0.437. The van der Waals surface area contributed by atoms with Crippen molar-refractivity contribution in [1.82, 2.24) is 10.2 Å². The van der Waals surface area contributed by atoms with Gasteiger partial charge in [0, 0.05) is 23.9 Å². The van der Waals surface area contributed by atoms with Crippen LogP contribution in [0.3, 0.4) is 0 Å². The lowest BCUT2D eigenvalue weighted by Crippen LogP contribution is -2.48. The first-order valence-electron chi connectivity index (χ1n) is 8.86. The molecular formula is C18H29N3O2S. The summed E-state index contributed by atoms with van der Waals surface area (Å²) in [4.78, 5) is 27.8. The minimum Gasteiger partial charge on any atom is -0.349 e. The van der Waals surface area contributed by atoms with Gasteiger partial charge in [0.15, 0.2) is 0 Å². The molecule has 0 radical (unpaired) electrons. The Kier molecular flexibility index (Phi) is 7.24. The highest BCUT2D eigenvalue weighted by Crippen LogP contribution is 2.26. The lowest BCUT2D eigenvalue weighted by Gasteiger charge is -2.31. The molecule has 0 spiro atoms. The second kappa shape index (κ2) is 9.18. The fraction of sp³-hybridized carbons (Fsp3) is 0.667. The Morgan fingerprint density at radius 3 is 2.67 bits per heavy atom. The van der Waals surface area contributed by atoms with E-state index in [1.165, 1.54) is 0 Å². The molecule has 2 rings (SSSR count). The summed E-state index contributed by atoms with van der Waals surface area (Å²) in [6.45, 7) is 4.81. The van der Waals surface area contributed by atoms with E-state index in [0.29, 0.717) is 31.5 Å². The van der Waals surface area contributed by atoms with Crippen LogP contribution < -0.4 is 11.1 Å². The highest BCUT2D eigenvalue weighted by Gasteiger charge is 2.28. The number of amides is 2. The van der Waals surface area contributed by atoms with Crippen molar-refractivity contribution in [3.8, 4) is 0 Å². The van der Waals surface area contributed by atoms with Gasteiger partial charge in [-0.05, 0) is 56.9 Å². The zero-order chi connectivity index (χ0) is 17.5. The molecule has 1 atom stereocenters. The largest absolute Gasteiger partial charge is 0.349 e. The van der Waals surface area contributed by atoms with Gasteiger partial charge in [-0.1, -0.05) is 6.07 Å². The van der Waals surface area contributed by atoms with Crippen molar-refractivity contribution in [2.45, 2.75) is 64.6 Å². The highest BCUT2D eigenvalue weighted by atomic mass is 32.1. The van der Waals surface area contributed by atoms with Crippen molar-refractivity contribution in [3.05, 3.63) is 22.4 Å². The molecule has 5 nitrogen and oxygen atoms in total. The lowest BCUT2D eigenvalue weighted by molar-refractivity contribution is -0.140. The van der Waals surface area contributed by atoms with Crippen LogP contribution in [0.2, 0.25) is 0 Å². The average Bonchev–Trinajstić information content (AvgIpc) is 3.08.